The number of hydrogen-bond donors (Lipinski definition) is 1. The van der Waals surface area contributed by atoms with Gasteiger partial charge in [0.15, 0.2) is 0 Å². The number of halogens is 5. The zero-order chi connectivity index (χ0) is 31.8. The van der Waals surface area contributed by atoms with Crippen LogP contribution in [-0.2, 0) is 10.9 Å². The Hall–Kier alpha value is -4.79. The predicted molar refractivity (Wildman–Crippen MR) is 155 cm³/mol. The minimum absolute atomic E-state index is 0.0545. The summed E-state index contributed by atoms with van der Waals surface area (Å²) in [6.07, 6.45) is -4.71. The Morgan fingerprint density at radius 1 is 0.977 bits per heavy atom. The molecule has 0 bridgehead atoms. The second kappa shape index (κ2) is 11.7. The molecule has 44 heavy (non-hydrogen) atoms. The molecule has 0 unspecified atom stereocenters. The van der Waals surface area contributed by atoms with Gasteiger partial charge in [0.05, 0.1) is 16.8 Å². The molecule has 1 saturated heterocycles. The van der Waals surface area contributed by atoms with E-state index in [4.69, 9.17) is 4.74 Å². The van der Waals surface area contributed by atoms with E-state index in [1.807, 2.05) is 20.8 Å². The maximum Gasteiger partial charge on any atom is 0.417 e. The van der Waals surface area contributed by atoms with Crippen molar-refractivity contribution in [2.24, 2.45) is 0 Å². The molecule has 7 nitrogen and oxygen atoms in total. The summed E-state index contributed by atoms with van der Waals surface area (Å²) in [5.41, 5.74) is -1.79. The van der Waals surface area contributed by atoms with E-state index in [1.165, 1.54) is 36.4 Å². The number of fused-ring (bicyclic) bond motifs is 1. The summed E-state index contributed by atoms with van der Waals surface area (Å²) in [7, 11) is 0. The molecule has 228 valence electrons. The molecule has 0 atom stereocenters. The number of nitriles is 1. The van der Waals surface area contributed by atoms with Crippen LogP contribution in [0.15, 0.2) is 54.6 Å². The van der Waals surface area contributed by atoms with Gasteiger partial charge in [0.2, 0.25) is 5.95 Å². The number of carbonyl (C=O) groups is 1. The van der Waals surface area contributed by atoms with Crippen molar-refractivity contribution in [3.63, 3.8) is 0 Å². The average molecular weight is 610 g/mol. The molecule has 1 aliphatic heterocycles. The number of hydrogen-bond acceptors (Lipinski definition) is 6. The van der Waals surface area contributed by atoms with E-state index < -0.39 is 35.0 Å². The van der Waals surface area contributed by atoms with Crippen molar-refractivity contribution < 1.29 is 31.5 Å². The molecule has 0 aliphatic carbocycles. The van der Waals surface area contributed by atoms with Crippen LogP contribution in [0.25, 0.3) is 33.3 Å². The summed E-state index contributed by atoms with van der Waals surface area (Å²) >= 11 is 0. The van der Waals surface area contributed by atoms with Crippen LogP contribution < -0.4 is 10.2 Å². The Morgan fingerprint density at radius 3 is 2.30 bits per heavy atom. The van der Waals surface area contributed by atoms with Gasteiger partial charge >= 0.3 is 12.3 Å². The standard InChI is InChI=1S/C32H28F5N5O2/c1-31(2,3)41-30(43)44-21-10-12-42(13-11-21)29-39-27(18-8-9-19(17-38)25(33)15-18)23-14-20(16-26(34)28(23)40-29)22-6-4-5-7-24(22)32(35,36)37/h4-9,14-16,21H,10-13H2,1-3H3,(H,41,43). The van der Waals surface area contributed by atoms with Crippen LogP contribution in [-0.4, -0.2) is 40.8 Å². The number of carbonyl (C=O) groups excluding carboxylic acids is 1. The smallest absolute Gasteiger partial charge is 0.417 e. The molecule has 1 fully saturated rings. The van der Waals surface area contributed by atoms with Crippen molar-refractivity contribution in [2.45, 2.75) is 51.4 Å². The minimum atomic E-state index is -4.69. The van der Waals surface area contributed by atoms with Gasteiger partial charge in [-0.1, -0.05) is 24.3 Å². The number of alkyl carbamates (subject to hydrolysis) is 1. The molecule has 0 radical (unpaired) electrons. The number of nitrogens with zero attached hydrogens (tertiary/aromatic N) is 4. The predicted octanol–water partition coefficient (Wildman–Crippen LogP) is 7.63. The lowest BCUT2D eigenvalue weighted by Gasteiger charge is -2.32. The summed E-state index contributed by atoms with van der Waals surface area (Å²) in [5, 5.41) is 12.0. The fourth-order valence-electron chi connectivity index (χ4n) is 5.09. The van der Waals surface area contributed by atoms with Gasteiger partial charge < -0.3 is 15.0 Å². The molecule has 1 aliphatic rings. The maximum absolute atomic E-state index is 15.8. The van der Waals surface area contributed by atoms with Gasteiger partial charge in [0, 0.05) is 42.4 Å². The number of anilines is 1. The largest absolute Gasteiger partial charge is 0.446 e. The monoisotopic (exact) mass is 609 g/mol. The highest BCUT2D eigenvalue weighted by atomic mass is 19.4. The SMILES string of the molecule is CC(C)(C)NC(=O)OC1CCN(c2nc(-c3ccc(C#N)c(F)c3)c3cc(-c4ccccc4C(F)(F)F)cc(F)c3n2)CC1. The lowest BCUT2D eigenvalue weighted by molar-refractivity contribution is -0.137. The Morgan fingerprint density at radius 2 is 1.66 bits per heavy atom. The number of ether oxygens (including phenoxy) is 1. The molecule has 1 amide bonds. The van der Waals surface area contributed by atoms with Crippen molar-refractivity contribution in [2.75, 3.05) is 18.0 Å². The van der Waals surface area contributed by atoms with Crippen molar-refractivity contribution in [1.29, 1.82) is 5.26 Å². The van der Waals surface area contributed by atoms with Crippen LogP contribution in [0.4, 0.5) is 32.7 Å². The van der Waals surface area contributed by atoms with E-state index in [-0.39, 0.29) is 50.9 Å². The molecule has 0 spiro atoms. The first-order valence-corrected chi connectivity index (χ1v) is 13.8. The van der Waals surface area contributed by atoms with Crippen LogP contribution in [0.5, 0.6) is 0 Å². The zero-order valence-electron chi connectivity index (χ0n) is 24.1. The van der Waals surface area contributed by atoms with E-state index in [0.29, 0.717) is 25.9 Å². The summed E-state index contributed by atoms with van der Waals surface area (Å²) < 4.78 is 77.5. The van der Waals surface area contributed by atoms with Gasteiger partial charge in [0.1, 0.15) is 29.3 Å². The van der Waals surface area contributed by atoms with Gasteiger partial charge in [-0.15, -0.1) is 0 Å². The summed E-state index contributed by atoms with van der Waals surface area (Å²) in [6, 6.07) is 12.7. The van der Waals surface area contributed by atoms with E-state index >= 15 is 4.39 Å². The first-order chi connectivity index (χ1) is 20.7. The lowest BCUT2D eigenvalue weighted by atomic mass is 9.96. The maximum atomic E-state index is 15.8. The van der Waals surface area contributed by atoms with E-state index in [9.17, 15) is 27.6 Å². The number of benzene rings is 3. The van der Waals surface area contributed by atoms with E-state index in [1.54, 1.807) is 11.0 Å². The highest BCUT2D eigenvalue weighted by molar-refractivity contribution is 5.96. The number of alkyl halides is 3. The first-order valence-electron chi connectivity index (χ1n) is 13.8. The highest BCUT2D eigenvalue weighted by Gasteiger charge is 2.34. The molecular formula is C32H28F5N5O2. The van der Waals surface area contributed by atoms with Crippen LogP contribution in [0.2, 0.25) is 0 Å². The molecule has 4 aromatic rings. The molecular weight excluding hydrogens is 581 g/mol. The van der Waals surface area contributed by atoms with E-state index in [0.717, 1.165) is 18.2 Å². The Kier molecular flexibility index (Phi) is 8.16. The van der Waals surface area contributed by atoms with Gasteiger partial charge in [-0.2, -0.15) is 18.4 Å². The van der Waals surface area contributed by atoms with Crippen molar-refractivity contribution in [3.05, 3.63) is 77.4 Å². The quantitative estimate of drug-likeness (QED) is 0.239. The number of aromatic nitrogens is 2. The molecule has 5 rings (SSSR count). The second-order valence-corrected chi connectivity index (χ2v) is 11.5. The molecule has 1 N–H and O–H groups in total. The normalized spacial score (nSPS) is 14.4. The minimum Gasteiger partial charge on any atom is -0.446 e. The van der Waals surface area contributed by atoms with Crippen LogP contribution >= 0.6 is 0 Å². The fraction of sp³-hybridized carbons (Fsp3) is 0.312. The third kappa shape index (κ3) is 6.56. The lowest BCUT2D eigenvalue weighted by Crippen LogP contribution is -2.44. The number of amides is 1. The molecule has 3 aromatic carbocycles. The third-order valence-corrected chi connectivity index (χ3v) is 7.12. The number of nitrogens with one attached hydrogen (secondary N) is 1. The number of piperidine rings is 1. The Bertz CT molecular complexity index is 1770. The Labute approximate surface area is 250 Å². The fourth-order valence-corrected chi connectivity index (χ4v) is 5.09. The van der Waals surface area contributed by atoms with Gasteiger partial charge in [-0.05, 0) is 62.2 Å². The van der Waals surface area contributed by atoms with Crippen molar-refractivity contribution in [3.8, 4) is 28.5 Å². The van der Waals surface area contributed by atoms with Crippen LogP contribution in [0.1, 0.15) is 44.7 Å². The third-order valence-electron chi connectivity index (χ3n) is 7.12. The van der Waals surface area contributed by atoms with Crippen LogP contribution in [0.3, 0.4) is 0 Å². The van der Waals surface area contributed by atoms with E-state index in [2.05, 4.69) is 15.3 Å². The van der Waals surface area contributed by atoms with Crippen LogP contribution in [0, 0.1) is 23.0 Å². The van der Waals surface area contributed by atoms with Gasteiger partial charge in [-0.25, -0.2) is 23.5 Å². The first kappa shape index (κ1) is 30.7. The molecule has 1 aromatic heterocycles. The zero-order valence-corrected chi connectivity index (χ0v) is 24.1. The van der Waals surface area contributed by atoms with Gasteiger partial charge in [-0.3, -0.25) is 0 Å². The Balaban J connectivity index is 1.57. The second-order valence-electron chi connectivity index (χ2n) is 11.5. The highest BCUT2D eigenvalue weighted by Crippen LogP contribution is 2.40. The molecule has 0 saturated carbocycles. The molecule has 12 heteroatoms. The topological polar surface area (TPSA) is 91.1 Å². The molecule has 2 heterocycles. The van der Waals surface area contributed by atoms with Gasteiger partial charge in [0.25, 0.3) is 0 Å². The summed E-state index contributed by atoms with van der Waals surface area (Å²) in [6.45, 7) is 6.23. The summed E-state index contributed by atoms with van der Waals surface area (Å²) in [5.74, 6) is -1.59. The van der Waals surface area contributed by atoms with Crippen molar-refractivity contribution >= 4 is 22.9 Å². The number of rotatable bonds is 4. The average Bonchev–Trinajstić information content (AvgIpc) is 2.95. The van der Waals surface area contributed by atoms with Crippen molar-refractivity contribution in [1.82, 2.24) is 15.3 Å². The summed E-state index contributed by atoms with van der Waals surface area (Å²) in [4.78, 5) is 23.1.